The van der Waals surface area contributed by atoms with Crippen molar-refractivity contribution < 1.29 is 14.2 Å². The topological polar surface area (TPSA) is 83.7 Å². The zero-order valence-corrected chi connectivity index (χ0v) is 20.1. The van der Waals surface area contributed by atoms with Crippen LogP contribution in [0, 0.1) is 0 Å². The molecule has 8 heteroatoms. The molecule has 0 saturated carbocycles. The maximum absolute atomic E-state index is 6.51. The fourth-order valence-corrected chi connectivity index (χ4v) is 5.04. The fourth-order valence-electron chi connectivity index (χ4n) is 5.04. The van der Waals surface area contributed by atoms with E-state index in [0.717, 1.165) is 38.8 Å². The van der Waals surface area contributed by atoms with Crippen molar-refractivity contribution in [3.8, 4) is 34.5 Å². The van der Waals surface area contributed by atoms with Gasteiger partial charge in [-0.1, -0.05) is 42.5 Å². The van der Waals surface area contributed by atoms with E-state index in [2.05, 4.69) is 39.3 Å². The highest BCUT2D eigenvalue weighted by Crippen LogP contribution is 2.51. The second-order valence-electron chi connectivity index (χ2n) is 8.76. The number of pyridine rings is 1. The van der Waals surface area contributed by atoms with Crippen LogP contribution < -0.4 is 14.2 Å². The lowest BCUT2D eigenvalue weighted by Gasteiger charge is -2.29. The number of ether oxygens (including phenoxy) is 3. The van der Waals surface area contributed by atoms with Gasteiger partial charge in [0, 0.05) is 34.8 Å². The smallest absolute Gasteiger partial charge is 0.228 e. The summed E-state index contributed by atoms with van der Waals surface area (Å²) in [7, 11) is 3.27. The molecule has 0 amide bonds. The molecular weight excluding hydrogens is 466 g/mol. The maximum Gasteiger partial charge on any atom is 0.228 e. The first-order valence-electron chi connectivity index (χ1n) is 11.8. The van der Waals surface area contributed by atoms with Gasteiger partial charge in [0.1, 0.15) is 12.1 Å². The fraction of sp³-hybridized carbons (Fsp3) is 0.103. The lowest BCUT2D eigenvalue weighted by molar-refractivity contribution is 0.354. The van der Waals surface area contributed by atoms with Crippen LogP contribution >= 0.6 is 0 Å². The van der Waals surface area contributed by atoms with Gasteiger partial charge in [0.05, 0.1) is 19.8 Å². The summed E-state index contributed by atoms with van der Waals surface area (Å²) in [6, 6.07) is 22.2. The van der Waals surface area contributed by atoms with Crippen LogP contribution in [-0.2, 0) is 0 Å². The number of methoxy groups -OCH3 is 2. The summed E-state index contributed by atoms with van der Waals surface area (Å²) in [6.07, 6.45) is 5.12. The van der Waals surface area contributed by atoms with Crippen molar-refractivity contribution in [2.45, 2.75) is 5.92 Å². The minimum atomic E-state index is -0.231. The van der Waals surface area contributed by atoms with Crippen LogP contribution in [-0.4, -0.2) is 38.8 Å². The third-order valence-corrected chi connectivity index (χ3v) is 6.76. The third-order valence-electron chi connectivity index (χ3n) is 6.76. The van der Waals surface area contributed by atoms with E-state index in [1.54, 1.807) is 37.5 Å². The highest BCUT2D eigenvalue weighted by molar-refractivity contribution is 5.91. The molecule has 3 aromatic heterocycles. The number of benzene rings is 3. The predicted molar refractivity (Wildman–Crippen MR) is 139 cm³/mol. The first-order valence-corrected chi connectivity index (χ1v) is 11.8. The lowest BCUT2D eigenvalue weighted by Crippen LogP contribution is -2.15. The molecule has 1 aliphatic rings. The Morgan fingerprint density at radius 3 is 2.65 bits per heavy atom. The van der Waals surface area contributed by atoms with Crippen LogP contribution in [0.5, 0.6) is 23.1 Å². The maximum atomic E-state index is 6.51. The van der Waals surface area contributed by atoms with Gasteiger partial charge in [0.15, 0.2) is 23.0 Å². The largest absolute Gasteiger partial charge is 0.493 e. The van der Waals surface area contributed by atoms with Crippen molar-refractivity contribution in [1.82, 2.24) is 24.6 Å². The summed E-state index contributed by atoms with van der Waals surface area (Å²) in [5.41, 5.74) is 4.34. The molecule has 1 aliphatic heterocycles. The Bertz CT molecular complexity index is 1800. The van der Waals surface area contributed by atoms with Crippen molar-refractivity contribution in [1.29, 1.82) is 0 Å². The number of nitrogens with zero attached hydrogens (tertiary/aromatic N) is 5. The number of aromatic nitrogens is 5. The number of hydrogen-bond donors (Lipinski definition) is 0. The summed E-state index contributed by atoms with van der Waals surface area (Å²) in [4.78, 5) is 13.8. The Hall–Kier alpha value is -4.98. The van der Waals surface area contributed by atoms with Gasteiger partial charge in [-0.25, -0.2) is 14.5 Å². The molecular formula is C29H21N5O3. The van der Waals surface area contributed by atoms with E-state index in [9.17, 15) is 0 Å². The molecule has 1 atom stereocenters. The normalized spacial score (nSPS) is 14.2. The molecule has 7 rings (SSSR count). The Morgan fingerprint density at radius 2 is 1.81 bits per heavy atom. The molecule has 0 N–H and O–H groups in total. The lowest BCUT2D eigenvalue weighted by atomic mass is 9.82. The molecule has 0 spiro atoms. The monoisotopic (exact) mass is 487 g/mol. The van der Waals surface area contributed by atoms with Crippen molar-refractivity contribution >= 4 is 16.4 Å². The van der Waals surface area contributed by atoms with E-state index in [1.165, 1.54) is 0 Å². The molecule has 0 bridgehead atoms. The molecule has 0 radical (unpaired) electrons. The van der Waals surface area contributed by atoms with Crippen molar-refractivity contribution in [3.63, 3.8) is 0 Å². The molecule has 4 heterocycles. The van der Waals surface area contributed by atoms with E-state index < -0.39 is 0 Å². The third kappa shape index (κ3) is 3.30. The standard InChI is InChI=1S/C29H21N5O3/c1-35-22-12-10-18(14-23(22)36-2)24-21-11-9-17-6-3-4-8-20(17)26(21)37-29-25(24)28-32-27(33-34(28)16-31-29)19-7-5-13-30-15-19/h3-16,24H,1-2H3/t24-/m0/s1. The zero-order chi connectivity index (χ0) is 24.9. The first kappa shape index (κ1) is 21.3. The highest BCUT2D eigenvalue weighted by atomic mass is 16.5. The Labute approximate surface area is 212 Å². The summed E-state index contributed by atoms with van der Waals surface area (Å²) in [5, 5.41) is 6.81. The summed E-state index contributed by atoms with van der Waals surface area (Å²) < 4.78 is 19.4. The van der Waals surface area contributed by atoms with Crippen molar-refractivity contribution in [3.05, 3.63) is 102 Å². The number of rotatable bonds is 4. The molecule has 0 saturated heterocycles. The van der Waals surface area contributed by atoms with Crippen LogP contribution in [0.25, 0.3) is 27.8 Å². The molecule has 180 valence electrons. The minimum absolute atomic E-state index is 0.231. The minimum Gasteiger partial charge on any atom is -0.493 e. The molecule has 0 aliphatic carbocycles. The molecule has 37 heavy (non-hydrogen) atoms. The zero-order valence-electron chi connectivity index (χ0n) is 20.1. The van der Waals surface area contributed by atoms with E-state index in [1.807, 2.05) is 42.5 Å². The van der Waals surface area contributed by atoms with Gasteiger partial charge in [0.25, 0.3) is 0 Å². The summed E-state index contributed by atoms with van der Waals surface area (Å²) in [5.74, 6) is 2.93. The van der Waals surface area contributed by atoms with Gasteiger partial charge in [-0.3, -0.25) is 4.98 Å². The molecule has 8 nitrogen and oxygen atoms in total. The Kier molecular flexibility index (Phi) is 4.78. The summed E-state index contributed by atoms with van der Waals surface area (Å²) in [6.45, 7) is 0. The average Bonchev–Trinajstić information content (AvgIpc) is 3.41. The molecule has 3 aromatic carbocycles. The number of fused-ring (bicyclic) bond motifs is 6. The first-order chi connectivity index (χ1) is 18.2. The van der Waals surface area contributed by atoms with E-state index >= 15 is 0 Å². The van der Waals surface area contributed by atoms with Crippen LogP contribution in [0.15, 0.2) is 85.5 Å². The Morgan fingerprint density at radius 1 is 0.919 bits per heavy atom. The van der Waals surface area contributed by atoms with E-state index in [4.69, 9.17) is 19.2 Å². The molecule has 0 fully saturated rings. The van der Waals surface area contributed by atoms with Crippen molar-refractivity contribution in [2.75, 3.05) is 14.2 Å². The SMILES string of the molecule is COc1ccc([C@H]2c3ccc4ccccc4c3Oc3ncn4nc(-c5cccnc5)nc4c32)cc1OC. The van der Waals surface area contributed by atoms with Gasteiger partial charge >= 0.3 is 0 Å². The molecule has 6 aromatic rings. The van der Waals surface area contributed by atoms with Gasteiger partial charge in [-0.15, -0.1) is 5.10 Å². The van der Waals surface area contributed by atoms with Crippen LogP contribution in [0.2, 0.25) is 0 Å². The summed E-state index contributed by atoms with van der Waals surface area (Å²) >= 11 is 0. The van der Waals surface area contributed by atoms with Crippen LogP contribution in [0.4, 0.5) is 0 Å². The second kappa shape index (κ2) is 8.30. The van der Waals surface area contributed by atoms with Crippen molar-refractivity contribution in [2.24, 2.45) is 0 Å². The van der Waals surface area contributed by atoms with Crippen LogP contribution in [0.1, 0.15) is 22.6 Å². The number of hydrogen-bond acceptors (Lipinski definition) is 7. The van der Waals surface area contributed by atoms with Gasteiger partial charge < -0.3 is 14.2 Å². The van der Waals surface area contributed by atoms with Gasteiger partial charge in [-0.05, 0) is 35.2 Å². The quantitative estimate of drug-likeness (QED) is 0.318. The predicted octanol–water partition coefficient (Wildman–Crippen LogP) is 5.64. The van der Waals surface area contributed by atoms with Gasteiger partial charge in [0.2, 0.25) is 5.88 Å². The van der Waals surface area contributed by atoms with Gasteiger partial charge in [-0.2, -0.15) is 0 Å². The van der Waals surface area contributed by atoms with E-state index in [0.29, 0.717) is 28.9 Å². The second-order valence-corrected chi connectivity index (χ2v) is 8.76. The highest BCUT2D eigenvalue weighted by Gasteiger charge is 2.34. The average molecular weight is 488 g/mol. The van der Waals surface area contributed by atoms with E-state index in [-0.39, 0.29) is 5.92 Å². The van der Waals surface area contributed by atoms with Crippen LogP contribution in [0.3, 0.4) is 0 Å². The Balaban J connectivity index is 1.52. The molecule has 0 unspecified atom stereocenters.